The molecule has 2 fully saturated rings. The predicted octanol–water partition coefficient (Wildman–Crippen LogP) is 3.72. The number of fused-ring (bicyclic) bond motifs is 1. The van der Waals surface area contributed by atoms with Gasteiger partial charge < -0.3 is 25.7 Å². The lowest BCUT2D eigenvalue weighted by Gasteiger charge is -2.25. The van der Waals surface area contributed by atoms with Crippen molar-refractivity contribution in [1.82, 2.24) is 15.3 Å². The zero-order valence-electron chi connectivity index (χ0n) is 17.6. The Morgan fingerprint density at radius 1 is 1.06 bits per heavy atom. The quantitative estimate of drug-likeness (QED) is 0.504. The van der Waals surface area contributed by atoms with Crippen LogP contribution in [0.5, 0.6) is 0 Å². The van der Waals surface area contributed by atoms with Gasteiger partial charge in [-0.05, 0) is 73.4 Å². The Bertz CT molecular complexity index is 1080. The number of H-pyrrole nitrogens is 1. The lowest BCUT2D eigenvalue weighted by molar-refractivity contribution is 0.0853. The van der Waals surface area contributed by atoms with Gasteiger partial charge in [0.25, 0.3) is 5.56 Å². The van der Waals surface area contributed by atoms with Crippen LogP contribution < -0.4 is 21.5 Å². The lowest BCUT2D eigenvalue weighted by Crippen LogP contribution is -2.38. The molecule has 0 amide bonds. The fourth-order valence-corrected chi connectivity index (χ4v) is 4.57. The van der Waals surface area contributed by atoms with Crippen LogP contribution in [0.3, 0.4) is 0 Å². The minimum atomic E-state index is -0.141. The molecule has 162 valence electrons. The first kappa shape index (κ1) is 20.0. The summed E-state index contributed by atoms with van der Waals surface area (Å²) in [6.07, 6.45) is 6.08. The van der Waals surface area contributed by atoms with Crippen molar-refractivity contribution in [1.29, 1.82) is 0 Å². The van der Waals surface area contributed by atoms with Crippen molar-refractivity contribution in [3.63, 3.8) is 0 Å². The topological polar surface area (TPSA) is 91.1 Å². The van der Waals surface area contributed by atoms with Crippen molar-refractivity contribution < 1.29 is 4.74 Å². The molecule has 1 atom stereocenters. The largest absolute Gasteiger partial charge is 0.381 e. The summed E-state index contributed by atoms with van der Waals surface area (Å²) in [7, 11) is 0. The van der Waals surface area contributed by atoms with Gasteiger partial charge in [0.15, 0.2) is 0 Å². The van der Waals surface area contributed by atoms with Crippen LogP contribution in [0.15, 0.2) is 47.4 Å². The van der Waals surface area contributed by atoms with E-state index in [1.54, 1.807) is 6.20 Å². The smallest absolute Gasteiger partial charge is 0.259 e. The summed E-state index contributed by atoms with van der Waals surface area (Å²) in [6, 6.07) is 12.7. The Hall–Kier alpha value is -2.90. The molecule has 0 bridgehead atoms. The minimum absolute atomic E-state index is 0.141. The molecule has 5 rings (SSSR count). The van der Waals surface area contributed by atoms with Gasteiger partial charge in [-0.3, -0.25) is 4.79 Å². The number of pyridine rings is 2. The molecule has 0 saturated carbocycles. The van der Waals surface area contributed by atoms with E-state index in [0.717, 1.165) is 68.9 Å². The third kappa shape index (κ3) is 4.57. The first-order valence-corrected chi connectivity index (χ1v) is 11.2. The molecule has 31 heavy (non-hydrogen) atoms. The molecule has 7 nitrogen and oxygen atoms in total. The van der Waals surface area contributed by atoms with Crippen LogP contribution in [0.25, 0.3) is 10.8 Å². The first-order valence-electron chi connectivity index (χ1n) is 11.2. The van der Waals surface area contributed by atoms with Gasteiger partial charge in [0.2, 0.25) is 0 Å². The van der Waals surface area contributed by atoms with Gasteiger partial charge in [0, 0.05) is 37.7 Å². The second kappa shape index (κ2) is 9.08. The molecule has 2 aromatic heterocycles. The Balaban J connectivity index is 1.42. The van der Waals surface area contributed by atoms with Gasteiger partial charge in [-0.15, -0.1) is 0 Å². The van der Waals surface area contributed by atoms with Crippen molar-refractivity contribution in [2.75, 3.05) is 36.9 Å². The summed E-state index contributed by atoms with van der Waals surface area (Å²) < 4.78 is 5.48. The van der Waals surface area contributed by atoms with E-state index in [0.29, 0.717) is 23.2 Å². The molecular formula is C24H29N5O2. The van der Waals surface area contributed by atoms with Crippen LogP contribution in [0, 0.1) is 0 Å². The maximum absolute atomic E-state index is 12.6. The Morgan fingerprint density at radius 3 is 2.68 bits per heavy atom. The van der Waals surface area contributed by atoms with E-state index in [1.807, 2.05) is 12.1 Å². The van der Waals surface area contributed by atoms with E-state index in [2.05, 4.69) is 45.2 Å². The number of ether oxygens (including phenoxy) is 1. The maximum Gasteiger partial charge on any atom is 0.259 e. The average molecular weight is 420 g/mol. The second-order valence-corrected chi connectivity index (χ2v) is 8.45. The Morgan fingerprint density at radius 2 is 1.90 bits per heavy atom. The number of anilines is 3. The summed E-state index contributed by atoms with van der Waals surface area (Å²) in [6.45, 7) is 3.65. The fourth-order valence-electron chi connectivity index (χ4n) is 4.57. The third-order valence-corrected chi connectivity index (χ3v) is 6.27. The number of piperidine rings is 1. The van der Waals surface area contributed by atoms with E-state index in [-0.39, 0.29) is 5.56 Å². The predicted molar refractivity (Wildman–Crippen MR) is 124 cm³/mol. The number of nitrogens with one attached hydrogen (secondary N) is 4. The standard InChI is InChI=1S/C24H29N5O2/c30-24-22-18(7-11-26-24)14-21(27-20-2-1-10-25-15-20)29-23(22)28-19-5-3-16(4-6-19)17-8-12-31-13-9-17/h3-7,11,14,17,20,25H,1-2,8-10,12-13,15H2,(H,26,30)(H2,27,28,29)/t20-/m1/s1. The molecule has 4 N–H and O–H groups in total. The molecule has 1 aromatic carbocycles. The Labute approximate surface area is 181 Å². The summed E-state index contributed by atoms with van der Waals surface area (Å²) in [5.41, 5.74) is 2.12. The van der Waals surface area contributed by atoms with E-state index < -0.39 is 0 Å². The van der Waals surface area contributed by atoms with Crippen LogP contribution in [0.2, 0.25) is 0 Å². The van der Waals surface area contributed by atoms with Gasteiger partial charge in [0.1, 0.15) is 11.6 Å². The summed E-state index contributed by atoms with van der Waals surface area (Å²) in [4.78, 5) is 20.1. The number of benzene rings is 1. The normalized spacial score (nSPS) is 19.9. The molecule has 0 unspecified atom stereocenters. The first-order chi connectivity index (χ1) is 15.3. The molecular weight excluding hydrogens is 390 g/mol. The Kier molecular flexibility index (Phi) is 5.86. The monoisotopic (exact) mass is 419 g/mol. The highest BCUT2D eigenvalue weighted by Gasteiger charge is 2.17. The summed E-state index contributed by atoms with van der Waals surface area (Å²) in [5.74, 6) is 1.92. The molecule has 0 spiro atoms. The number of rotatable bonds is 5. The summed E-state index contributed by atoms with van der Waals surface area (Å²) >= 11 is 0. The van der Waals surface area contributed by atoms with Crippen molar-refractivity contribution in [3.05, 3.63) is 58.5 Å². The van der Waals surface area contributed by atoms with Gasteiger partial charge in [-0.1, -0.05) is 12.1 Å². The fraction of sp³-hybridized carbons (Fsp3) is 0.417. The zero-order chi connectivity index (χ0) is 21.0. The van der Waals surface area contributed by atoms with Crippen LogP contribution in [-0.2, 0) is 4.74 Å². The van der Waals surface area contributed by atoms with Crippen LogP contribution in [0.4, 0.5) is 17.3 Å². The van der Waals surface area contributed by atoms with Crippen molar-refractivity contribution >= 4 is 28.1 Å². The number of hydrogen-bond acceptors (Lipinski definition) is 6. The van der Waals surface area contributed by atoms with Gasteiger partial charge in [0.05, 0.1) is 5.39 Å². The highest BCUT2D eigenvalue weighted by atomic mass is 16.5. The molecule has 2 aliphatic heterocycles. The molecule has 0 aliphatic carbocycles. The van der Waals surface area contributed by atoms with Gasteiger partial charge in [-0.2, -0.15) is 0 Å². The van der Waals surface area contributed by atoms with Gasteiger partial charge >= 0.3 is 0 Å². The van der Waals surface area contributed by atoms with E-state index in [1.165, 1.54) is 5.56 Å². The second-order valence-electron chi connectivity index (χ2n) is 8.45. The summed E-state index contributed by atoms with van der Waals surface area (Å²) in [5, 5.41) is 11.8. The molecule has 0 radical (unpaired) electrons. The number of aromatic amines is 1. The van der Waals surface area contributed by atoms with Crippen LogP contribution in [-0.4, -0.2) is 42.3 Å². The number of nitrogens with zero attached hydrogens (tertiary/aromatic N) is 1. The highest BCUT2D eigenvalue weighted by molar-refractivity contribution is 5.94. The third-order valence-electron chi connectivity index (χ3n) is 6.27. The van der Waals surface area contributed by atoms with Gasteiger partial charge in [-0.25, -0.2) is 4.98 Å². The highest BCUT2D eigenvalue weighted by Crippen LogP contribution is 2.29. The average Bonchev–Trinajstić information content (AvgIpc) is 2.81. The number of aromatic nitrogens is 2. The van der Waals surface area contributed by atoms with E-state index in [9.17, 15) is 4.79 Å². The molecule has 2 aliphatic rings. The molecule has 7 heteroatoms. The van der Waals surface area contributed by atoms with Crippen molar-refractivity contribution in [2.24, 2.45) is 0 Å². The van der Waals surface area contributed by atoms with Crippen LogP contribution >= 0.6 is 0 Å². The minimum Gasteiger partial charge on any atom is -0.381 e. The maximum atomic E-state index is 12.6. The van der Waals surface area contributed by atoms with E-state index >= 15 is 0 Å². The molecule has 2 saturated heterocycles. The molecule has 4 heterocycles. The molecule has 3 aromatic rings. The van der Waals surface area contributed by atoms with Crippen molar-refractivity contribution in [3.8, 4) is 0 Å². The lowest BCUT2D eigenvalue weighted by atomic mass is 9.92. The van der Waals surface area contributed by atoms with Crippen LogP contribution in [0.1, 0.15) is 37.2 Å². The zero-order valence-corrected chi connectivity index (χ0v) is 17.6. The van der Waals surface area contributed by atoms with E-state index in [4.69, 9.17) is 9.72 Å². The number of hydrogen-bond donors (Lipinski definition) is 4. The van der Waals surface area contributed by atoms with Crippen molar-refractivity contribution in [2.45, 2.75) is 37.6 Å². The SMILES string of the molecule is O=c1[nH]ccc2cc(N[C@@H]3CCCNC3)nc(Nc3ccc(C4CCOCC4)cc3)c12.